The first kappa shape index (κ1) is 21.9. The molecule has 8 heteroatoms. The third-order valence-corrected chi connectivity index (χ3v) is 5.82. The number of rotatable bonds is 8. The van der Waals surface area contributed by atoms with E-state index in [9.17, 15) is 4.79 Å². The lowest BCUT2D eigenvalue weighted by atomic mass is 10.1. The number of nitrogens with zero attached hydrogens (tertiary/aromatic N) is 4. The van der Waals surface area contributed by atoms with E-state index in [1.54, 1.807) is 6.20 Å². The van der Waals surface area contributed by atoms with Crippen LogP contribution in [0.5, 0.6) is 0 Å². The molecule has 0 radical (unpaired) electrons. The van der Waals surface area contributed by atoms with Crippen molar-refractivity contribution in [3.63, 3.8) is 0 Å². The zero-order valence-corrected chi connectivity index (χ0v) is 18.6. The molecule has 0 saturated carbocycles. The predicted octanol–water partition coefficient (Wildman–Crippen LogP) is 3.36. The molecule has 1 aromatic carbocycles. The average molecular weight is 434 g/mol. The standard InChI is InChI=1S/C21H28ClN5OS/c1-3-5-19-18(15-24-21(25-19)29-2)20(28)23-8-9-26-10-12-27(13-11-26)17-7-4-6-16(22)14-17/h4,6-7,14-15H,3,5,8-13H2,1-2H3,(H,23,28). The molecule has 6 nitrogen and oxygen atoms in total. The number of nitrogens with one attached hydrogen (secondary N) is 1. The molecule has 0 spiro atoms. The van der Waals surface area contributed by atoms with Crippen LogP contribution in [-0.4, -0.2) is 66.3 Å². The molecule has 1 aliphatic heterocycles. The van der Waals surface area contributed by atoms with Crippen LogP contribution >= 0.6 is 23.4 Å². The van der Waals surface area contributed by atoms with Crippen LogP contribution < -0.4 is 10.2 Å². The summed E-state index contributed by atoms with van der Waals surface area (Å²) < 4.78 is 0. The minimum absolute atomic E-state index is 0.0846. The van der Waals surface area contributed by atoms with Gasteiger partial charge in [-0.25, -0.2) is 9.97 Å². The highest BCUT2D eigenvalue weighted by Crippen LogP contribution is 2.20. The average Bonchev–Trinajstić information content (AvgIpc) is 2.74. The Hall–Kier alpha value is -1.83. The van der Waals surface area contributed by atoms with E-state index in [0.29, 0.717) is 17.3 Å². The summed E-state index contributed by atoms with van der Waals surface area (Å²) in [5.41, 5.74) is 2.59. The number of piperazine rings is 1. The number of benzene rings is 1. The summed E-state index contributed by atoms with van der Waals surface area (Å²) in [4.78, 5) is 26.1. The minimum Gasteiger partial charge on any atom is -0.369 e. The molecular weight excluding hydrogens is 406 g/mol. The first-order valence-electron chi connectivity index (χ1n) is 10.0. The molecule has 1 aliphatic rings. The fourth-order valence-corrected chi connectivity index (χ4v) is 3.98. The first-order chi connectivity index (χ1) is 14.1. The SMILES string of the molecule is CCCc1nc(SC)ncc1C(=O)NCCN1CCN(c2cccc(Cl)c2)CC1. The van der Waals surface area contributed by atoms with Crippen LogP contribution in [0.1, 0.15) is 29.4 Å². The Kier molecular flexibility index (Phi) is 8.15. The molecule has 1 saturated heterocycles. The van der Waals surface area contributed by atoms with Crippen LogP contribution in [0.25, 0.3) is 0 Å². The van der Waals surface area contributed by atoms with E-state index in [1.807, 2.05) is 24.5 Å². The largest absolute Gasteiger partial charge is 0.369 e. The smallest absolute Gasteiger partial charge is 0.254 e. The number of carbonyl (C=O) groups excluding carboxylic acids is 1. The molecule has 0 aliphatic carbocycles. The maximum Gasteiger partial charge on any atom is 0.254 e. The Balaban J connectivity index is 1.46. The highest BCUT2D eigenvalue weighted by atomic mass is 35.5. The Morgan fingerprint density at radius 3 is 2.76 bits per heavy atom. The van der Waals surface area contributed by atoms with E-state index in [2.05, 4.69) is 38.1 Å². The second-order valence-corrected chi connectivity index (χ2v) is 8.24. The van der Waals surface area contributed by atoms with Crippen molar-refractivity contribution in [2.45, 2.75) is 24.9 Å². The van der Waals surface area contributed by atoms with Gasteiger partial charge < -0.3 is 10.2 Å². The fourth-order valence-electron chi connectivity index (χ4n) is 3.44. The molecule has 1 amide bonds. The molecule has 156 valence electrons. The minimum atomic E-state index is -0.0846. The van der Waals surface area contributed by atoms with E-state index >= 15 is 0 Å². The first-order valence-corrected chi connectivity index (χ1v) is 11.6. The predicted molar refractivity (Wildman–Crippen MR) is 120 cm³/mol. The van der Waals surface area contributed by atoms with Gasteiger partial charge >= 0.3 is 0 Å². The lowest BCUT2D eigenvalue weighted by molar-refractivity contribution is 0.0945. The molecule has 1 fully saturated rings. The van der Waals surface area contributed by atoms with Crippen LogP contribution in [0.4, 0.5) is 5.69 Å². The molecule has 0 unspecified atom stereocenters. The molecule has 3 rings (SSSR count). The molecule has 2 aromatic rings. The molecule has 2 heterocycles. The van der Waals surface area contributed by atoms with E-state index in [-0.39, 0.29) is 5.91 Å². The summed E-state index contributed by atoms with van der Waals surface area (Å²) in [5, 5.41) is 4.51. The Bertz CT molecular complexity index is 826. The Labute approximate surface area is 182 Å². The van der Waals surface area contributed by atoms with Crippen molar-refractivity contribution in [3.05, 3.63) is 46.7 Å². The van der Waals surface area contributed by atoms with Crippen molar-refractivity contribution < 1.29 is 4.79 Å². The lowest BCUT2D eigenvalue weighted by Gasteiger charge is -2.36. The van der Waals surface area contributed by atoms with Crippen LogP contribution in [0.3, 0.4) is 0 Å². The van der Waals surface area contributed by atoms with Gasteiger partial charge in [0.05, 0.1) is 11.3 Å². The Morgan fingerprint density at radius 1 is 1.28 bits per heavy atom. The number of anilines is 1. The number of carbonyl (C=O) groups is 1. The van der Waals surface area contributed by atoms with Gasteiger partial charge in [0.1, 0.15) is 0 Å². The van der Waals surface area contributed by atoms with Gasteiger partial charge in [0.2, 0.25) is 0 Å². The summed E-state index contributed by atoms with van der Waals surface area (Å²) in [6, 6.07) is 7.99. The third kappa shape index (κ3) is 6.07. The molecule has 0 bridgehead atoms. The molecule has 29 heavy (non-hydrogen) atoms. The number of aromatic nitrogens is 2. The van der Waals surface area contributed by atoms with E-state index in [4.69, 9.17) is 11.6 Å². The van der Waals surface area contributed by atoms with Crippen molar-refractivity contribution in [2.75, 3.05) is 50.4 Å². The van der Waals surface area contributed by atoms with Crippen LogP contribution in [0, 0.1) is 0 Å². The van der Waals surface area contributed by atoms with Crippen molar-refractivity contribution in [1.29, 1.82) is 0 Å². The van der Waals surface area contributed by atoms with Gasteiger partial charge in [0.25, 0.3) is 5.91 Å². The number of amides is 1. The van der Waals surface area contributed by atoms with E-state index in [0.717, 1.165) is 56.3 Å². The maximum atomic E-state index is 12.6. The monoisotopic (exact) mass is 433 g/mol. The number of thioether (sulfide) groups is 1. The van der Waals surface area contributed by atoms with Gasteiger partial charge in [0.15, 0.2) is 5.16 Å². The van der Waals surface area contributed by atoms with Gasteiger partial charge in [-0.3, -0.25) is 9.69 Å². The van der Waals surface area contributed by atoms with Crippen molar-refractivity contribution in [2.24, 2.45) is 0 Å². The highest BCUT2D eigenvalue weighted by molar-refractivity contribution is 7.98. The van der Waals surface area contributed by atoms with E-state index < -0.39 is 0 Å². The van der Waals surface area contributed by atoms with Gasteiger partial charge in [-0.1, -0.05) is 42.8 Å². The summed E-state index contributed by atoms with van der Waals surface area (Å²) in [6.45, 7) is 7.39. The van der Waals surface area contributed by atoms with Crippen LogP contribution in [0.15, 0.2) is 35.6 Å². The molecule has 1 aromatic heterocycles. The number of hydrogen-bond donors (Lipinski definition) is 1. The quantitative estimate of drug-likeness (QED) is 0.508. The summed E-state index contributed by atoms with van der Waals surface area (Å²) in [6.07, 6.45) is 5.33. The van der Waals surface area contributed by atoms with Gasteiger partial charge in [-0.15, -0.1) is 0 Å². The zero-order chi connectivity index (χ0) is 20.6. The molecule has 0 atom stereocenters. The van der Waals surface area contributed by atoms with Crippen molar-refractivity contribution >= 4 is 35.0 Å². The summed E-state index contributed by atoms with van der Waals surface area (Å²) >= 11 is 7.60. The summed E-state index contributed by atoms with van der Waals surface area (Å²) in [5.74, 6) is -0.0846. The van der Waals surface area contributed by atoms with Crippen LogP contribution in [-0.2, 0) is 6.42 Å². The normalized spacial score (nSPS) is 14.8. The maximum absolute atomic E-state index is 12.6. The molecule has 1 N–H and O–H groups in total. The lowest BCUT2D eigenvalue weighted by Crippen LogP contribution is -2.48. The fraction of sp³-hybridized carbons (Fsp3) is 0.476. The highest BCUT2D eigenvalue weighted by Gasteiger charge is 2.18. The van der Waals surface area contributed by atoms with Crippen LogP contribution in [0.2, 0.25) is 5.02 Å². The molecular formula is C21H28ClN5OS. The second-order valence-electron chi connectivity index (χ2n) is 7.03. The van der Waals surface area contributed by atoms with Crippen molar-refractivity contribution in [1.82, 2.24) is 20.2 Å². The number of halogens is 1. The van der Waals surface area contributed by atoms with Gasteiger partial charge in [0, 0.05) is 56.2 Å². The third-order valence-electron chi connectivity index (χ3n) is 5.02. The van der Waals surface area contributed by atoms with Crippen molar-refractivity contribution in [3.8, 4) is 0 Å². The van der Waals surface area contributed by atoms with Gasteiger partial charge in [-0.2, -0.15) is 0 Å². The number of aryl methyl sites for hydroxylation is 1. The number of hydrogen-bond acceptors (Lipinski definition) is 6. The van der Waals surface area contributed by atoms with E-state index in [1.165, 1.54) is 17.4 Å². The summed E-state index contributed by atoms with van der Waals surface area (Å²) in [7, 11) is 0. The Morgan fingerprint density at radius 2 is 2.07 bits per heavy atom. The van der Waals surface area contributed by atoms with Gasteiger partial charge in [-0.05, 0) is 30.9 Å². The zero-order valence-electron chi connectivity index (χ0n) is 17.0. The second kappa shape index (κ2) is 10.8. The topological polar surface area (TPSA) is 61.4 Å².